The number of aliphatic hydroxyl groups is 1. The molecule has 0 radical (unpaired) electrons. The summed E-state index contributed by atoms with van der Waals surface area (Å²) >= 11 is 0. The lowest BCUT2D eigenvalue weighted by Gasteiger charge is -2.35. The zero-order valence-electron chi connectivity index (χ0n) is 28.7. The number of hydrogen-bond donors (Lipinski definition) is 3. The molecule has 264 valence electrons. The van der Waals surface area contributed by atoms with Crippen molar-refractivity contribution in [3.63, 3.8) is 0 Å². The molecule has 5 rings (SSSR count). The molecule has 0 aliphatic carbocycles. The first kappa shape index (κ1) is 36.9. The van der Waals surface area contributed by atoms with Crippen LogP contribution in [-0.2, 0) is 23.4 Å². The number of aliphatic hydroxyl groups excluding tert-OH is 1. The SMILES string of the molecule is CCCCCCCCN=Cc1ccc([B-]2(O)OCC([C@H]3O[C@@H]4O[B-](O)(c5ccc(C=NCCCCCCCC)cc5)O[C@@H]4[C@H]3O)O2)cc1. The minimum atomic E-state index is -2.86. The first-order valence-electron chi connectivity index (χ1n) is 18.3. The summed E-state index contributed by atoms with van der Waals surface area (Å²) in [6.45, 7) is 0.413. The minimum absolute atomic E-state index is 0.0103. The normalized spacial score (nSPS) is 30.2. The van der Waals surface area contributed by atoms with Crippen molar-refractivity contribution in [2.45, 2.75) is 122 Å². The summed E-state index contributed by atoms with van der Waals surface area (Å²) < 4.78 is 29.4. The lowest BCUT2D eigenvalue weighted by atomic mass is 9.70. The number of hydrogen-bond acceptors (Lipinski definition) is 10. The monoisotopic (exact) mass is 664 g/mol. The molecule has 3 saturated heterocycles. The van der Waals surface area contributed by atoms with Gasteiger partial charge >= 0.3 is 13.5 Å². The smallest absolute Gasteiger partial charge is 0.409 e. The Labute approximate surface area is 285 Å². The van der Waals surface area contributed by atoms with E-state index in [0.717, 1.165) is 37.1 Å². The molecule has 0 spiro atoms. The third-order valence-corrected chi connectivity index (χ3v) is 9.58. The molecule has 3 aliphatic rings. The van der Waals surface area contributed by atoms with Gasteiger partial charge in [0.1, 0.15) is 18.5 Å². The van der Waals surface area contributed by atoms with Gasteiger partial charge in [-0.1, -0.05) is 127 Å². The Bertz CT molecular complexity index is 1320. The highest BCUT2D eigenvalue weighted by molar-refractivity contribution is 6.75. The standard InChI is InChI=1S/C36H54B2N2O8/c1-3-5-7-9-11-13-23-39-25-28-15-19-30(20-16-28)37(42)44-27-32(46-37)34-33(41)35-36(45-34)48-38(43,47-35)31-21-17-29(18-22-31)26-40-24-14-12-10-8-6-4-2/h15-22,25-26,32-36,41-43H,3-14,23-24,27H2,1-2H3/q-2/t32?,33-,34+,35+,36+,37?,38?/m0/s1. The Balaban J connectivity index is 1.07. The summed E-state index contributed by atoms with van der Waals surface area (Å²) in [4.78, 5) is 9.05. The largest absolute Gasteiger partial charge is 0.555 e. The van der Waals surface area contributed by atoms with Crippen molar-refractivity contribution in [2.75, 3.05) is 19.7 Å². The Morgan fingerprint density at radius 2 is 1.15 bits per heavy atom. The summed E-state index contributed by atoms with van der Waals surface area (Å²) in [6.07, 6.45) is 13.7. The highest BCUT2D eigenvalue weighted by Gasteiger charge is 2.56. The van der Waals surface area contributed by atoms with Gasteiger partial charge in [0.2, 0.25) is 0 Å². The molecule has 2 aromatic rings. The average molecular weight is 664 g/mol. The first-order chi connectivity index (χ1) is 23.3. The summed E-state index contributed by atoms with van der Waals surface area (Å²) in [5.74, 6) is 0. The van der Waals surface area contributed by atoms with Gasteiger partial charge in [0.25, 0.3) is 0 Å². The molecule has 3 heterocycles. The van der Waals surface area contributed by atoms with E-state index in [1.807, 2.05) is 36.7 Å². The van der Waals surface area contributed by atoms with Crippen molar-refractivity contribution in [1.29, 1.82) is 0 Å². The van der Waals surface area contributed by atoms with Crippen LogP contribution in [0.3, 0.4) is 0 Å². The van der Waals surface area contributed by atoms with Gasteiger partial charge in [-0.3, -0.25) is 9.98 Å². The van der Waals surface area contributed by atoms with Crippen molar-refractivity contribution in [3.8, 4) is 0 Å². The zero-order valence-corrected chi connectivity index (χ0v) is 28.7. The quantitative estimate of drug-likeness (QED) is 0.116. The predicted octanol–water partition coefficient (Wildman–Crippen LogP) is 4.14. The fraction of sp³-hybridized carbons (Fsp3) is 0.611. The maximum Gasteiger partial charge on any atom is 0.409 e. The van der Waals surface area contributed by atoms with Gasteiger partial charge in [0.05, 0.1) is 12.2 Å². The molecule has 12 heteroatoms. The Morgan fingerprint density at radius 1 is 0.646 bits per heavy atom. The van der Waals surface area contributed by atoms with Crippen LogP contribution in [0.2, 0.25) is 0 Å². The molecule has 3 N–H and O–H groups in total. The molecule has 7 atom stereocenters. The van der Waals surface area contributed by atoms with Crippen LogP contribution in [-0.4, -0.2) is 91.5 Å². The van der Waals surface area contributed by atoms with E-state index in [4.69, 9.17) is 23.4 Å². The number of unbranched alkanes of at least 4 members (excludes halogenated alkanes) is 10. The van der Waals surface area contributed by atoms with Crippen LogP contribution in [0, 0.1) is 0 Å². The maximum absolute atomic E-state index is 11.2. The maximum atomic E-state index is 11.2. The van der Waals surface area contributed by atoms with Gasteiger partial charge < -0.3 is 38.5 Å². The number of nitrogens with zero attached hydrogens (tertiary/aromatic N) is 2. The second-order valence-corrected chi connectivity index (χ2v) is 13.5. The van der Waals surface area contributed by atoms with Crippen LogP contribution in [0.1, 0.15) is 102 Å². The molecule has 0 bridgehead atoms. The molecule has 0 aromatic heterocycles. The van der Waals surface area contributed by atoms with Gasteiger partial charge in [-0.05, 0) is 24.0 Å². The second kappa shape index (κ2) is 18.0. The Hall–Kier alpha value is -2.41. The molecule has 3 aliphatic heterocycles. The number of ether oxygens (including phenoxy) is 1. The van der Waals surface area contributed by atoms with Crippen molar-refractivity contribution in [1.82, 2.24) is 0 Å². The van der Waals surface area contributed by atoms with E-state index >= 15 is 0 Å². The highest BCUT2D eigenvalue weighted by atomic mass is 16.8. The van der Waals surface area contributed by atoms with Crippen molar-refractivity contribution >= 4 is 36.9 Å². The van der Waals surface area contributed by atoms with Crippen LogP contribution in [0.15, 0.2) is 58.5 Å². The summed E-state index contributed by atoms with van der Waals surface area (Å²) in [5, 5.41) is 33.6. The van der Waals surface area contributed by atoms with E-state index in [1.54, 1.807) is 24.3 Å². The van der Waals surface area contributed by atoms with Gasteiger partial charge in [-0.15, -0.1) is 10.9 Å². The second-order valence-electron chi connectivity index (χ2n) is 13.5. The number of benzene rings is 2. The third-order valence-electron chi connectivity index (χ3n) is 9.58. The molecule has 0 amide bonds. The van der Waals surface area contributed by atoms with Crippen LogP contribution in [0.5, 0.6) is 0 Å². The molecule has 3 unspecified atom stereocenters. The van der Waals surface area contributed by atoms with Crippen LogP contribution < -0.4 is 10.9 Å². The van der Waals surface area contributed by atoms with Crippen LogP contribution in [0.25, 0.3) is 0 Å². The van der Waals surface area contributed by atoms with Crippen molar-refractivity contribution in [2.24, 2.45) is 9.98 Å². The van der Waals surface area contributed by atoms with Gasteiger partial charge in [0, 0.05) is 32.1 Å². The molecular weight excluding hydrogens is 610 g/mol. The fourth-order valence-corrected chi connectivity index (χ4v) is 6.65. The number of fused-ring (bicyclic) bond motifs is 1. The van der Waals surface area contributed by atoms with E-state index in [-0.39, 0.29) is 6.61 Å². The van der Waals surface area contributed by atoms with Crippen molar-refractivity contribution in [3.05, 3.63) is 59.7 Å². The van der Waals surface area contributed by atoms with Crippen LogP contribution in [0.4, 0.5) is 0 Å². The molecule has 2 aromatic carbocycles. The number of rotatable bonds is 19. The summed E-state index contributed by atoms with van der Waals surface area (Å²) in [6, 6.07) is 14.4. The fourth-order valence-electron chi connectivity index (χ4n) is 6.65. The van der Waals surface area contributed by atoms with E-state index in [9.17, 15) is 15.2 Å². The molecule has 48 heavy (non-hydrogen) atoms. The van der Waals surface area contributed by atoms with Gasteiger partial charge in [-0.25, -0.2) is 0 Å². The van der Waals surface area contributed by atoms with Crippen LogP contribution >= 0.6 is 0 Å². The molecule has 10 nitrogen and oxygen atoms in total. The minimum Gasteiger partial charge on any atom is -0.555 e. The molecular formula is C36H54B2N2O8-2. The lowest BCUT2D eigenvalue weighted by molar-refractivity contribution is -0.114. The molecule has 3 fully saturated rings. The Morgan fingerprint density at radius 3 is 1.67 bits per heavy atom. The summed E-state index contributed by atoms with van der Waals surface area (Å²) in [5.41, 5.74) is 2.77. The number of aliphatic imine (C=N–C) groups is 2. The predicted molar refractivity (Wildman–Crippen MR) is 191 cm³/mol. The van der Waals surface area contributed by atoms with Gasteiger partial charge in [-0.2, -0.15) is 0 Å². The third kappa shape index (κ3) is 9.63. The lowest BCUT2D eigenvalue weighted by Crippen LogP contribution is -2.54. The summed E-state index contributed by atoms with van der Waals surface area (Å²) in [7, 11) is 0. The topological polar surface area (TPSA) is 132 Å². The van der Waals surface area contributed by atoms with E-state index < -0.39 is 44.2 Å². The van der Waals surface area contributed by atoms with Crippen molar-refractivity contribution < 1.29 is 38.5 Å². The Kier molecular flexibility index (Phi) is 13.8. The first-order valence-corrected chi connectivity index (χ1v) is 18.3. The van der Waals surface area contributed by atoms with E-state index in [1.165, 1.54) is 64.2 Å². The molecule has 0 saturated carbocycles. The van der Waals surface area contributed by atoms with E-state index in [2.05, 4.69) is 23.8 Å². The van der Waals surface area contributed by atoms with Gasteiger partial charge in [0.15, 0.2) is 0 Å². The zero-order chi connectivity index (χ0) is 33.8. The average Bonchev–Trinajstić information content (AvgIpc) is 3.75. The van der Waals surface area contributed by atoms with E-state index in [0.29, 0.717) is 10.9 Å². The highest BCUT2D eigenvalue weighted by Crippen LogP contribution is 2.38.